The number of carbonyl (C=O) groups excluding carboxylic acids is 2. The van der Waals surface area contributed by atoms with Crippen LogP contribution in [0.1, 0.15) is 131 Å². The van der Waals surface area contributed by atoms with Gasteiger partial charge in [-0.3, -0.25) is 14.1 Å². The highest BCUT2D eigenvalue weighted by Gasteiger charge is 2.39. The van der Waals surface area contributed by atoms with Crippen LogP contribution in [0.5, 0.6) is 0 Å². The van der Waals surface area contributed by atoms with Gasteiger partial charge in [-0.05, 0) is 118 Å². The Labute approximate surface area is 417 Å². The van der Waals surface area contributed by atoms with Crippen LogP contribution >= 0.6 is 34.4 Å². The summed E-state index contributed by atoms with van der Waals surface area (Å²) < 4.78 is 36.3. The van der Waals surface area contributed by atoms with Crippen molar-refractivity contribution in [3.63, 3.8) is 0 Å². The fourth-order valence-corrected chi connectivity index (χ4v) is 13.7. The summed E-state index contributed by atoms with van der Waals surface area (Å²) in [6.07, 6.45) is 7.41. The van der Waals surface area contributed by atoms with Crippen LogP contribution in [0, 0.1) is 10.8 Å². The number of carbonyl (C=O) groups is 2. The molecule has 20 heteroatoms. The summed E-state index contributed by atoms with van der Waals surface area (Å²) in [6.45, 7) is 19.4. The Kier molecular flexibility index (Phi) is 15.1. The number of anilines is 6. The van der Waals surface area contributed by atoms with Crippen molar-refractivity contribution in [1.82, 2.24) is 15.0 Å². The SMILES string of the molecule is CCN(CC)c1ccc(N=Nc2cc3c(s2)C(=O)CC(C)(C)C3)c(Nc2nc(Nc3cc(N(CC)CC)ccc3N=Nc3sc4c(c3S(=O)(=O)O)CC(C)(C)CC4=O)nc(SC3CCCCC3)n2)c1. The van der Waals surface area contributed by atoms with Gasteiger partial charge in [0.2, 0.25) is 11.9 Å². The van der Waals surface area contributed by atoms with Gasteiger partial charge in [-0.1, -0.05) is 58.7 Å². The fraction of sp³-hybridized carbons (Fsp3) is 0.490. The quantitative estimate of drug-likeness (QED) is 0.0586. The number of benzene rings is 2. The number of fused-ring (bicyclic) bond motifs is 2. The maximum Gasteiger partial charge on any atom is 0.297 e. The van der Waals surface area contributed by atoms with E-state index in [0.717, 1.165) is 91.4 Å². The smallest absolute Gasteiger partial charge is 0.297 e. The number of thioether (sulfide) groups is 1. The number of Topliss-reactive ketones (excluding diaryl/α,β-unsaturated/α-hetero) is 2. The van der Waals surface area contributed by atoms with E-state index in [4.69, 9.17) is 20.1 Å². The Balaban J connectivity index is 1.19. The molecule has 0 spiro atoms. The zero-order valence-corrected chi connectivity index (χ0v) is 43.8. The monoisotopic (exact) mass is 1010 g/mol. The number of rotatable bonds is 17. The third-order valence-electron chi connectivity index (χ3n) is 12.8. The molecule has 0 aliphatic heterocycles. The molecule has 69 heavy (non-hydrogen) atoms. The first-order chi connectivity index (χ1) is 32.8. The van der Waals surface area contributed by atoms with E-state index in [2.05, 4.69) is 77.3 Å². The van der Waals surface area contributed by atoms with Gasteiger partial charge in [0, 0.05) is 55.6 Å². The van der Waals surface area contributed by atoms with Crippen LogP contribution in [0.4, 0.5) is 56.0 Å². The van der Waals surface area contributed by atoms with Crippen molar-refractivity contribution < 1.29 is 22.6 Å². The average molecular weight is 1010 g/mol. The Bertz CT molecular complexity index is 2910. The highest BCUT2D eigenvalue weighted by molar-refractivity contribution is 7.99. The van der Waals surface area contributed by atoms with Crippen molar-refractivity contribution in [2.45, 2.75) is 128 Å². The number of nitrogens with zero attached hydrogens (tertiary/aromatic N) is 9. The van der Waals surface area contributed by atoms with Crippen LogP contribution < -0.4 is 20.4 Å². The van der Waals surface area contributed by atoms with Gasteiger partial charge in [0.25, 0.3) is 10.1 Å². The molecule has 3 aromatic heterocycles. The molecule has 0 atom stereocenters. The minimum absolute atomic E-state index is 0.0684. The third kappa shape index (κ3) is 11.7. The van der Waals surface area contributed by atoms with E-state index in [-0.39, 0.29) is 55.6 Å². The Morgan fingerprint density at radius 1 is 0.696 bits per heavy atom. The number of ketones is 2. The Hall–Kier alpha value is -5.15. The van der Waals surface area contributed by atoms with E-state index in [1.54, 1.807) is 17.8 Å². The van der Waals surface area contributed by atoms with Crippen LogP contribution in [-0.2, 0) is 23.0 Å². The zero-order chi connectivity index (χ0) is 49.3. The summed E-state index contributed by atoms with van der Waals surface area (Å²) in [5.74, 6) is 0.457. The average Bonchev–Trinajstić information content (AvgIpc) is 3.87. The molecule has 8 rings (SSSR count). The number of hydrogen-bond acceptors (Lipinski definition) is 18. The first-order valence-corrected chi connectivity index (χ1v) is 27.7. The minimum Gasteiger partial charge on any atom is -0.372 e. The molecule has 366 valence electrons. The molecule has 0 unspecified atom stereocenters. The van der Waals surface area contributed by atoms with E-state index in [0.29, 0.717) is 51.0 Å². The second-order valence-electron chi connectivity index (χ2n) is 19.4. The largest absolute Gasteiger partial charge is 0.372 e. The summed E-state index contributed by atoms with van der Waals surface area (Å²) >= 11 is 3.92. The van der Waals surface area contributed by atoms with Gasteiger partial charge in [-0.25, -0.2) is 0 Å². The first kappa shape index (κ1) is 50.2. The van der Waals surface area contributed by atoms with Crippen LogP contribution in [0.15, 0.2) is 73.0 Å². The number of nitrogens with one attached hydrogen (secondary N) is 2. The Morgan fingerprint density at radius 3 is 1.78 bits per heavy atom. The maximum atomic E-state index is 13.2. The predicted octanol–water partition coefficient (Wildman–Crippen LogP) is 14.0. The molecular formula is C49H61N11O5S4. The van der Waals surface area contributed by atoms with Crippen LogP contribution in [0.25, 0.3) is 0 Å². The van der Waals surface area contributed by atoms with E-state index in [1.807, 2.05) is 50.2 Å². The highest BCUT2D eigenvalue weighted by Crippen LogP contribution is 2.48. The molecule has 3 heterocycles. The van der Waals surface area contributed by atoms with Gasteiger partial charge in [0.05, 0.1) is 21.1 Å². The summed E-state index contributed by atoms with van der Waals surface area (Å²) in [7, 11) is -4.76. The lowest BCUT2D eigenvalue weighted by Crippen LogP contribution is -2.26. The van der Waals surface area contributed by atoms with Crippen molar-refractivity contribution in [2.75, 3.05) is 46.6 Å². The highest BCUT2D eigenvalue weighted by atomic mass is 32.2. The molecule has 5 aromatic rings. The molecule has 3 aliphatic carbocycles. The molecule has 1 fully saturated rings. The lowest BCUT2D eigenvalue weighted by Gasteiger charge is -2.28. The normalized spacial score (nSPS) is 17.1. The Morgan fingerprint density at radius 2 is 1.23 bits per heavy atom. The van der Waals surface area contributed by atoms with Crippen molar-refractivity contribution in [3.05, 3.63) is 63.3 Å². The third-order valence-corrected chi connectivity index (χ3v) is 17.3. The van der Waals surface area contributed by atoms with Crippen molar-refractivity contribution >= 4 is 112 Å². The summed E-state index contributed by atoms with van der Waals surface area (Å²) in [4.78, 5) is 46.2. The molecule has 0 bridgehead atoms. The van der Waals surface area contributed by atoms with Crippen molar-refractivity contribution in [1.29, 1.82) is 0 Å². The van der Waals surface area contributed by atoms with E-state index in [1.165, 1.54) is 17.8 Å². The molecule has 1 saturated carbocycles. The van der Waals surface area contributed by atoms with Crippen molar-refractivity contribution in [2.24, 2.45) is 31.3 Å². The maximum absolute atomic E-state index is 13.2. The summed E-state index contributed by atoms with van der Waals surface area (Å²) in [5, 5.41) is 26.7. The second-order valence-corrected chi connectivity index (χ2v) is 24.0. The molecule has 0 amide bonds. The number of azo groups is 2. The molecule has 3 aliphatic rings. The second kappa shape index (κ2) is 20.7. The minimum atomic E-state index is -4.76. The standard InChI is InChI=1S/C49H61N11O5S4/c1-9-59(10-2)30-18-20-34(55-57-40-22-29-25-48(5,6)27-38(61)41(29)67-40)36(23-30)50-45-52-46(54-47(53-45)66-32-16-14-13-15-17-32)51-37-24-31(60(11-3)12-4)19-21-35(37)56-58-44-43(69(63,64)65)33-26-49(7,8)28-39(62)42(33)68-44/h18-24,32H,9-17,25-28H2,1-8H3,(H,63,64,65)(H2,50,51,52,53,54). The van der Waals surface area contributed by atoms with Crippen LogP contribution in [0.3, 0.4) is 0 Å². The molecular weight excluding hydrogens is 951 g/mol. The number of hydrogen-bond donors (Lipinski definition) is 3. The van der Waals surface area contributed by atoms with Gasteiger partial charge in [-0.2, -0.15) is 23.4 Å². The summed E-state index contributed by atoms with van der Waals surface area (Å²) in [6, 6.07) is 13.5. The molecule has 3 N–H and O–H groups in total. The van der Waals surface area contributed by atoms with Gasteiger partial charge in [0.15, 0.2) is 21.7 Å². The van der Waals surface area contributed by atoms with Crippen LogP contribution in [0.2, 0.25) is 0 Å². The van der Waals surface area contributed by atoms with Crippen molar-refractivity contribution in [3.8, 4) is 0 Å². The van der Waals surface area contributed by atoms with Crippen LogP contribution in [-0.4, -0.2) is 70.9 Å². The lowest BCUT2D eigenvalue weighted by atomic mass is 9.76. The van der Waals surface area contributed by atoms with Gasteiger partial charge in [0.1, 0.15) is 21.3 Å². The van der Waals surface area contributed by atoms with Gasteiger partial charge >= 0.3 is 0 Å². The molecule has 16 nitrogen and oxygen atoms in total. The molecule has 0 radical (unpaired) electrons. The topological polar surface area (TPSA) is 207 Å². The number of aromatic nitrogens is 3. The van der Waals surface area contributed by atoms with E-state index < -0.39 is 15.5 Å². The number of thiophene rings is 2. The van der Waals surface area contributed by atoms with E-state index in [9.17, 15) is 22.6 Å². The van der Waals surface area contributed by atoms with E-state index >= 15 is 0 Å². The molecule has 2 aromatic carbocycles. The fourth-order valence-electron chi connectivity index (χ4n) is 9.42. The molecule has 0 saturated heterocycles. The van der Waals surface area contributed by atoms with Gasteiger partial charge < -0.3 is 20.4 Å². The zero-order valence-electron chi connectivity index (χ0n) is 40.5. The lowest BCUT2D eigenvalue weighted by molar-refractivity contribution is 0.0907. The predicted molar refractivity (Wildman–Crippen MR) is 279 cm³/mol. The first-order valence-electron chi connectivity index (χ1n) is 23.8. The summed E-state index contributed by atoms with van der Waals surface area (Å²) in [5.41, 5.74) is 4.57. The van der Waals surface area contributed by atoms with Gasteiger partial charge in [-0.15, -0.1) is 43.1 Å².